The number of rotatable bonds is 3. The van der Waals surface area contributed by atoms with Crippen LogP contribution in [0.2, 0.25) is 0 Å². The van der Waals surface area contributed by atoms with E-state index in [9.17, 15) is 4.79 Å². The second kappa shape index (κ2) is 5.41. The van der Waals surface area contributed by atoms with Gasteiger partial charge in [-0.15, -0.1) is 0 Å². The summed E-state index contributed by atoms with van der Waals surface area (Å²) in [5.74, 6) is 0.309. The predicted octanol–water partition coefficient (Wildman–Crippen LogP) is 2.61. The van der Waals surface area contributed by atoms with Gasteiger partial charge >= 0.3 is 0 Å². The summed E-state index contributed by atoms with van der Waals surface area (Å²) in [4.78, 5) is 14.8. The van der Waals surface area contributed by atoms with Crippen molar-refractivity contribution in [2.24, 2.45) is 0 Å². The predicted molar refractivity (Wildman–Crippen MR) is 77.7 cm³/mol. The summed E-state index contributed by atoms with van der Waals surface area (Å²) in [6.45, 7) is 6.27. The Morgan fingerprint density at radius 1 is 1.44 bits per heavy atom. The van der Waals surface area contributed by atoms with Crippen molar-refractivity contribution < 1.29 is 4.79 Å². The van der Waals surface area contributed by atoms with Crippen LogP contribution < -0.4 is 5.32 Å². The molecule has 0 aromatic rings. The number of nitrogens with zero attached hydrogens (tertiary/aromatic N) is 1. The van der Waals surface area contributed by atoms with Gasteiger partial charge in [-0.05, 0) is 39.4 Å². The minimum atomic E-state index is -0.347. The maximum absolute atomic E-state index is 12.7. The third kappa shape index (κ3) is 2.29. The SMILES string of the molecule is CCC1(C)NC(C)N(C2CCCCC2SC)C1=O. The monoisotopic (exact) mass is 270 g/mol. The first-order chi connectivity index (χ1) is 8.53. The van der Waals surface area contributed by atoms with Gasteiger partial charge in [0.1, 0.15) is 0 Å². The van der Waals surface area contributed by atoms with Crippen molar-refractivity contribution >= 4 is 17.7 Å². The Morgan fingerprint density at radius 2 is 2.11 bits per heavy atom. The Bertz CT molecular complexity index is 323. The van der Waals surface area contributed by atoms with E-state index in [1.165, 1.54) is 25.7 Å². The van der Waals surface area contributed by atoms with Crippen molar-refractivity contribution in [1.82, 2.24) is 10.2 Å². The summed E-state index contributed by atoms with van der Waals surface area (Å²) < 4.78 is 0. The van der Waals surface area contributed by atoms with Gasteiger partial charge in [0.2, 0.25) is 5.91 Å². The molecule has 1 saturated heterocycles. The molecule has 1 aliphatic heterocycles. The Hall–Kier alpha value is -0.220. The molecule has 0 spiro atoms. The summed E-state index contributed by atoms with van der Waals surface area (Å²) in [7, 11) is 0. The van der Waals surface area contributed by atoms with E-state index in [1.807, 2.05) is 18.7 Å². The van der Waals surface area contributed by atoms with Gasteiger partial charge in [-0.2, -0.15) is 11.8 Å². The molecule has 1 heterocycles. The summed E-state index contributed by atoms with van der Waals surface area (Å²) in [5.41, 5.74) is -0.347. The van der Waals surface area contributed by atoms with Crippen molar-refractivity contribution in [3.63, 3.8) is 0 Å². The van der Waals surface area contributed by atoms with E-state index in [0.29, 0.717) is 17.2 Å². The van der Waals surface area contributed by atoms with Gasteiger partial charge in [0, 0.05) is 11.3 Å². The minimum absolute atomic E-state index is 0.181. The highest BCUT2D eigenvalue weighted by molar-refractivity contribution is 7.99. The van der Waals surface area contributed by atoms with Gasteiger partial charge in [-0.25, -0.2) is 0 Å². The van der Waals surface area contributed by atoms with E-state index >= 15 is 0 Å². The molecule has 1 N–H and O–H groups in total. The topological polar surface area (TPSA) is 32.3 Å². The minimum Gasteiger partial charge on any atom is -0.322 e. The molecule has 3 nitrogen and oxygen atoms in total. The van der Waals surface area contributed by atoms with Gasteiger partial charge in [0.05, 0.1) is 11.7 Å². The van der Waals surface area contributed by atoms with Crippen LogP contribution in [-0.4, -0.2) is 40.1 Å². The third-order valence-corrected chi connectivity index (χ3v) is 5.84. The second-order valence-electron chi connectivity index (χ2n) is 5.84. The highest BCUT2D eigenvalue weighted by atomic mass is 32.2. The first-order valence-electron chi connectivity index (χ1n) is 7.16. The van der Waals surface area contributed by atoms with E-state index < -0.39 is 0 Å². The molecule has 0 aromatic heterocycles. The molecule has 1 amide bonds. The van der Waals surface area contributed by atoms with Crippen molar-refractivity contribution in [3.8, 4) is 0 Å². The molecule has 0 aromatic carbocycles. The number of amides is 1. The van der Waals surface area contributed by atoms with Crippen LogP contribution in [0.25, 0.3) is 0 Å². The largest absolute Gasteiger partial charge is 0.322 e. The van der Waals surface area contributed by atoms with Crippen molar-refractivity contribution in [2.75, 3.05) is 6.26 Å². The highest BCUT2D eigenvalue weighted by Gasteiger charge is 2.49. The van der Waals surface area contributed by atoms with Crippen LogP contribution >= 0.6 is 11.8 Å². The van der Waals surface area contributed by atoms with E-state index in [2.05, 4.69) is 30.3 Å². The average molecular weight is 270 g/mol. The normalized spacial score (nSPS) is 41.4. The smallest absolute Gasteiger partial charge is 0.244 e. The number of hydrogen-bond donors (Lipinski definition) is 1. The summed E-state index contributed by atoms with van der Waals surface area (Å²) in [6.07, 6.45) is 8.23. The second-order valence-corrected chi connectivity index (χ2v) is 6.92. The molecular formula is C14H26N2OS. The molecule has 0 radical (unpaired) electrons. The van der Waals surface area contributed by atoms with Crippen molar-refractivity contribution in [3.05, 3.63) is 0 Å². The number of nitrogens with one attached hydrogen (secondary N) is 1. The van der Waals surface area contributed by atoms with Gasteiger partial charge in [-0.1, -0.05) is 19.8 Å². The van der Waals surface area contributed by atoms with Gasteiger partial charge < -0.3 is 4.90 Å². The maximum Gasteiger partial charge on any atom is 0.244 e. The lowest BCUT2D eigenvalue weighted by Crippen LogP contribution is -2.50. The Balaban J connectivity index is 2.19. The molecule has 104 valence electrons. The Labute approximate surface area is 115 Å². The zero-order valence-corrected chi connectivity index (χ0v) is 12.8. The van der Waals surface area contributed by atoms with Crippen molar-refractivity contribution in [2.45, 2.75) is 75.9 Å². The maximum atomic E-state index is 12.7. The van der Waals surface area contributed by atoms with Crippen LogP contribution in [-0.2, 0) is 4.79 Å². The van der Waals surface area contributed by atoms with Crippen LogP contribution in [0.1, 0.15) is 52.9 Å². The average Bonchev–Trinajstić information content (AvgIpc) is 2.61. The lowest BCUT2D eigenvalue weighted by molar-refractivity contribution is -0.135. The van der Waals surface area contributed by atoms with Gasteiger partial charge in [-0.3, -0.25) is 10.1 Å². The summed E-state index contributed by atoms with van der Waals surface area (Å²) in [5, 5.41) is 4.11. The molecule has 0 bridgehead atoms. The quantitative estimate of drug-likeness (QED) is 0.855. The Kier molecular flexibility index (Phi) is 4.27. The lowest BCUT2D eigenvalue weighted by atomic mass is 9.92. The van der Waals surface area contributed by atoms with Crippen molar-refractivity contribution in [1.29, 1.82) is 0 Å². The zero-order valence-electron chi connectivity index (χ0n) is 12.0. The lowest BCUT2D eigenvalue weighted by Gasteiger charge is -2.39. The van der Waals surface area contributed by atoms with E-state index in [4.69, 9.17) is 0 Å². The number of thioether (sulfide) groups is 1. The van der Waals surface area contributed by atoms with Crippen LogP contribution in [0.4, 0.5) is 0 Å². The number of carbonyl (C=O) groups is 1. The van der Waals surface area contributed by atoms with E-state index in [-0.39, 0.29) is 11.7 Å². The zero-order chi connectivity index (χ0) is 13.3. The molecule has 18 heavy (non-hydrogen) atoms. The number of hydrogen-bond acceptors (Lipinski definition) is 3. The first kappa shape index (κ1) is 14.2. The van der Waals surface area contributed by atoms with Gasteiger partial charge in [0.15, 0.2) is 0 Å². The molecule has 1 aliphatic carbocycles. The fraction of sp³-hybridized carbons (Fsp3) is 0.929. The molecule has 2 aliphatic rings. The standard InChI is InChI=1S/C14H26N2OS/c1-5-14(3)13(17)16(10(2)15-14)11-8-6-7-9-12(11)18-4/h10-12,15H,5-9H2,1-4H3. The van der Waals surface area contributed by atoms with Crippen LogP contribution in [0, 0.1) is 0 Å². The Morgan fingerprint density at radius 3 is 2.67 bits per heavy atom. The molecule has 2 fully saturated rings. The molecule has 2 rings (SSSR count). The highest BCUT2D eigenvalue weighted by Crippen LogP contribution is 2.35. The van der Waals surface area contributed by atoms with E-state index in [0.717, 1.165) is 6.42 Å². The molecule has 4 atom stereocenters. The fourth-order valence-electron chi connectivity index (χ4n) is 3.41. The summed E-state index contributed by atoms with van der Waals surface area (Å²) in [6, 6.07) is 0.428. The van der Waals surface area contributed by atoms with Crippen LogP contribution in [0.5, 0.6) is 0 Å². The van der Waals surface area contributed by atoms with Crippen LogP contribution in [0.15, 0.2) is 0 Å². The van der Waals surface area contributed by atoms with E-state index in [1.54, 1.807) is 0 Å². The molecule has 4 heteroatoms. The van der Waals surface area contributed by atoms with Crippen LogP contribution in [0.3, 0.4) is 0 Å². The third-order valence-electron chi connectivity index (χ3n) is 4.69. The molecular weight excluding hydrogens is 244 g/mol. The summed E-state index contributed by atoms with van der Waals surface area (Å²) >= 11 is 1.93. The fourth-order valence-corrected chi connectivity index (χ4v) is 4.40. The number of carbonyl (C=O) groups excluding carboxylic acids is 1. The molecule has 4 unspecified atom stereocenters. The first-order valence-corrected chi connectivity index (χ1v) is 8.45. The van der Waals surface area contributed by atoms with Gasteiger partial charge in [0.25, 0.3) is 0 Å². The molecule has 1 saturated carbocycles.